The molecule has 14 heavy (non-hydrogen) atoms. The van der Waals surface area contributed by atoms with E-state index < -0.39 is 0 Å². The number of pyridine rings is 1. The van der Waals surface area contributed by atoms with Gasteiger partial charge in [0, 0.05) is 24.2 Å². The number of H-pyrrole nitrogens is 1. The molecular formula is C10H9N3O. The molecule has 1 N–H and O–H groups in total. The monoisotopic (exact) mass is 187 g/mol. The van der Waals surface area contributed by atoms with E-state index >= 15 is 0 Å². The number of hydrogen-bond donors (Lipinski definition) is 1. The second-order valence-electron chi connectivity index (χ2n) is 2.98. The first-order valence-electron chi connectivity index (χ1n) is 4.24. The summed E-state index contributed by atoms with van der Waals surface area (Å²) in [5.74, 6) is 0. The Morgan fingerprint density at radius 3 is 2.86 bits per heavy atom. The molecule has 0 amide bonds. The number of aromatic amines is 1. The Morgan fingerprint density at radius 2 is 2.14 bits per heavy atom. The van der Waals surface area contributed by atoms with Crippen molar-refractivity contribution in [2.24, 2.45) is 0 Å². The summed E-state index contributed by atoms with van der Waals surface area (Å²) in [6.07, 6.45) is 4.95. The molecule has 0 unspecified atom stereocenters. The minimum atomic E-state index is -0.335. The van der Waals surface area contributed by atoms with Crippen LogP contribution in [0.5, 0.6) is 0 Å². The molecule has 0 atom stereocenters. The van der Waals surface area contributed by atoms with E-state index in [2.05, 4.69) is 15.0 Å². The molecule has 70 valence electrons. The van der Waals surface area contributed by atoms with E-state index in [1.54, 1.807) is 18.5 Å². The predicted molar refractivity (Wildman–Crippen MR) is 52.8 cm³/mol. The van der Waals surface area contributed by atoms with Gasteiger partial charge in [0.25, 0.3) is 0 Å². The number of hydrogen-bond acceptors (Lipinski definition) is 3. The molecular weight excluding hydrogens is 178 g/mol. The molecule has 4 heteroatoms. The largest absolute Gasteiger partial charge is 0.345 e. The van der Waals surface area contributed by atoms with Gasteiger partial charge in [-0.25, -0.2) is 9.78 Å². The number of aromatic nitrogens is 3. The average Bonchev–Trinajstić information content (AvgIpc) is 2.18. The van der Waals surface area contributed by atoms with E-state index in [-0.39, 0.29) is 5.69 Å². The summed E-state index contributed by atoms with van der Waals surface area (Å²) in [5.41, 5.74) is 2.43. The summed E-state index contributed by atoms with van der Waals surface area (Å²) >= 11 is 0. The van der Waals surface area contributed by atoms with Crippen molar-refractivity contribution in [1.29, 1.82) is 0 Å². The van der Waals surface area contributed by atoms with Crippen molar-refractivity contribution < 1.29 is 0 Å². The van der Waals surface area contributed by atoms with Crippen molar-refractivity contribution in [3.05, 3.63) is 46.8 Å². The molecule has 0 aliphatic carbocycles. The molecule has 0 saturated heterocycles. The number of aryl methyl sites for hydroxylation is 1. The first-order chi connectivity index (χ1) is 6.77. The van der Waals surface area contributed by atoms with Crippen LogP contribution in [-0.2, 0) is 0 Å². The van der Waals surface area contributed by atoms with Crippen molar-refractivity contribution in [2.75, 3.05) is 0 Å². The maximum Gasteiger partial charge on any atom is 0.345 e. The minimum absolute atomic E-state index is 0.335. The molecule has 2 aromatic heterocycles. The van der Waals surface area contributed by atoms with Gasteiger partial charge in [-0.05, 0) is 24.6 Å². The van der Waals surface area contributed by atoms with Gasteiger partial charge in [-0.15, -0.1) is 0 Å². The van der Waals surface area contributed by atoms with Gasteiger partial charge in [0.2, 0.25) is 0 Å². The first kappa shape index (κ1) is 8.62. The Balaban J connectivity index is 2.61. The van der Waals surface area contributed by atoms with Gasteiger partial charge in [0.1, 0.15) is 0 Å². The van der Waals surface area contributed by atoms with Crippen LogP contribution >= 0.6 is 0 Å². The van der Waals surface area contributed by atoms with Crippen LogP contribution < -0.4 is 5.69 Å². The third-order valence-corrected chi connectivity index (χ3v) is 1.99. The summed E-state index contributed by atoms with van der Waals surface area (Å²) < 4.78 is 0. The zero-order chi connectivity index (χ0) is 9.97. The number of nitrogens with one attached hydrogen (secondary N) is 1. The highest BCUT2D eigenvalue weighted by Gasteiger charge is 2.01. The maximum atomic E-state index is 11.0. The first-order valence-corrected chi connectivity index (χ1v) is 4.24. The van der Waals surface area contributed by atoms with Gasteiger partial charge >= 0.3 is 5.69 Å². The van der Waals surface area contributed by atoms with Crippen molar-refractivity contribution in [1.82, 2.24) is 15.0 Å². The molecule has 2 heterocycles. The highest BCUT2D eigenvalue weighted by molar-refractivity contribution is 5.61. The summed E-state index contributed by atoms with van der Waals surface area (Å²) in [7, 11) is 0. The lowest BCUT2D eigenvalue weighted by atomic mass is 10.1. The van der Waals surface area contributed by atoms with Crippen LogP contribution in [0.25, 0.3) is 11.3 Å². The van der Waals surface area contributed by atoms with E-state index in [4.69, 9.17) is 0 Å². The molecule has 0 aromatic carbocycles. The van der Waals surface area contributed by atoms with Crippen LogP contribution in [0.2, 0.25) is 0 Å². The molecule has 0 fully saturated rings. The summed E-state index contributed by atoms with van der Waals surface area (Å²) in [5, 5.41) is 0. The van der Waals surface area contributed by atoms with Crippen molar-refractivity contribution in [2.45, 2.75) is 6.92 Å². The third kappa shape index (κ3) is 1.54. The lowest BCUT2D eigenvalue weighted by Gasteiger charge is -2.03. The molecule has 0 spiro atoms. The fraction of sp³-hybridized carbons (Fsp3) is 0.100. The lowest BCUT2D eigenvalue weighted by Crippen LogP contribution is -2.09. The van der Waals surface area contributed by atoms with E-state index in [1.807, 2.05) is 13.0 Å². The Hall–Kier alpha value is -1.97. The van der Waals surface area contributed by atoms with Gasteiger partial charge in [-0.1, -0.05) is 0 Å². The Morgan fingerprint density at radius 1 is 1.29 bits per heavy atom. The second-order valence-corrected chi connectivity index (χ2v) is 2.98. The fourth-order valence-corrected chi connectivity index (χ4v) is 1.30. The number of rotatable bonds is 1. The van der Waals surface area contributed by atoms with Crippen LogP contribution in [0.1, 0.15) is 5.56 Å². The maximum absolute atomic E-state index is 11.0. The molecule has 2 aromatic rings. The molecule has 0 aliphatic heterocycles. The van der Waals surface area contributed by atoms with Gasteiger partial charge in [-0.3, -0.25) is 4.98 Å². The van der Waals surface area contributed by atoms with Crippen LogP contribution in [0.4, 0.5) is 0 Å². The topological polar surface area (TPSA) is 58.6 Å². The molecule has 4 nitrogen and oxygen atoms in total. The summed E-state index contributed by atoms with van der Waals surface area (Å²) in [6.45, 7) is 1.95. The van der Waals surface area contributed by atoms with Crippen molar-refractivity contribution >= 4 is 0 Å². The number of nitrogens with zero attached hydrogens (tertiary/aromatic N) is 2. The predicted octanol–water partition coefficient (Wildman–Crippen LogP) is 1.14. The summed E-state index contributed by atoms with van der Waals surface area (Å²) in [4.78, 5) is 21.2. The molecule has 0 aliphatic rings. The molecule has 0 radical (unpaired) electrons. The highest BCUT2D eigenvalue weighted by Crippen LogP contribution is 2.17. The van der Waals surface area contributed by atoms with E-state index in [9.17, 15) is 4.79 Å². The smallest absolute Gasteiger partial charge is 0.305 e. The fourth-order valence-electron chi connectivity index (χ4n) is 1.30. The minimum Gasteiger partial charge on any atom is -0.305 e. The average molecular weight is 187 g/mol. The second kappa shape index (κ2) is 3.41. The van der Waals surface area contributed by atoms with Gasteiger partial charge in [0.15, 0.2) is 0 Å². The zero-order valence-corrected chi connectivity index (χ0v) is 7.69. The van der Waals surface area contributed by atoms with Crippen LogP contribution in [0.3, 0.4) is 0 Å². The van der Waals surface area contributed by atoms with E-state index in [0.717, 1.165) is 16.8 Å². The van der Waals surface area contributed by atoms with Crippen LogP contribution in [0, 0.1) is 6.92 Å². The Kier molecular flexibility index (Phi) is 2.10. The van der Waals surface area contributed by atoms with Gasteiger partial charge in [-0.2, -0.15) is 0 Å². The zero-order valence-electron chi connectivity index (χ0n) is 7.69. The quantitative estimate of drug-likeness (QED) is 0.728. The van der Waals surface area contributed by atoms with Gasteiger partial charge in [0.05, 0.1) is 5.69 Å². The molecule has 0 bridgehead atoms. The van der Waals surface area contributed by atoms with Crippen LogP contribution in [0.15, 0.2) is 35.5 Å². The third-order valence-electron chi connectivity index (χ3n) is 1.99. The Bertz CT molecular complexity index is 504. The molecule has 2 rings (SSSR count). The lowest BCUT2D eigenvalue weighted by molar-refractivity contribution is 1.08. The van der Waals surface area contributed by atoms with Gasteiger partial charge < -0.3 is 4.98 Å². The standard InChI is InChI=1S/C10H9N3O/c1-7-6-11-4-2-8(7)9-3-5-12-10(14)13-9/h2-6H,1H3,(H,12,13,14). The van der Waals surface area contributed by atoms with Crippen molar-refractivity contribution in [3.8, 4) is 11.3 Å². The van der Waals surface area contributed by atoms with E-state index in [0.29, 0.717) is 0 Å². The SMILES string of the molecule is Cc1cnccc1-c1ccnc(=O)[nH]1. The summed E-state index contributed by atoms with van der Waals surface area (Å²) in [6, 6.07) is 3.63. The Labute approximate surface area is 80.7 Å². The highest BCUT2D eigenvalue weighted by atomic mass is 16.1. The van der Waals surface area contributed by atoms with E-state index in [1.165, 1.54) is 6.20 Å². The van der Waals surface area contributed by atoms with Crippen LogP contribution in [-0.4, -0.2) is 15.0 Å². The van der Waals surface area contributed by atoms with Crippen molar-refractivity contribution in [3.63, 3.8) is 0 Å². The normalized spacial score (nSPS) is 10.1. The molecule has 0 saturated carbocycles.